The molecule has 0 spiro atoms. The van der Waals surface area contributed by atoms with Gasteiger partial charge in [0.15, 0.2) is 0 Å². The molecule has 0 amide bonds. The Morgan fingerprint density at radius 1 is 1.06 bits per heavy atom. The predicted molar refractivity (Wildman–Crippen MR) is 74.4 cm³/mol. The Morgan fingerprint density at radius 2 is 1.72 bits per heavy atom. The molecule has 0 aromatic heterocycles. The van der Waals surface area contributed by atoms with E-state index in [4.69, 9.17) is 16.3 Å². The van der Waals surface area contributed by atoms with Crippen LogP contribution in [0.15, 0.2) is 46.9 Å². The van der Waals surface area contributed by atoms with E-state index < -0.39 is 0 Å². The molecular weight excluding hydrogens is 319 g/mol. The lowest BCUT2D eigenvalue weighted by molar-refractivity contribution is 0.306. The van der Waals surface area contributed by atoms with Crippen molar-refractivity contribution in [2.24, 2.45) is 0 Å². The molecule has 0 atom stereocenters. The van der Waals surface area contributed by atoms with E-state index in [-0.39, 0.29) is 5.82 Å². The number of ether oxygens (including phenoxy) is 1. The van der Waals surface area contributed by atoms with Crippen LogP contribution in [0.3, 0.4) is 0 Å². The van der Waals surface area contributed by atoms with Crippen LogP contribution in [0.4, 0.5) is 4.39 Å². The molecule has 0 bridgehead atoms. The van der Waals surface area contributed by atoms with Crippen LogP contribution in [0.2, 0.25) is 0 Å². The first-order chi connectivity index (χ1) is 8.69. The van der Waals surface area contributed by atoms with E-state index in [1.807, 2.05) is 24.3 Å². The van der Waals surface area contributed by atoms with Crippen LogP contribution in [-0.4, -0.2) is 0 Å². The summed E-state index contributed by atoms with van der Waals surface area (Å²) in [7, 11) is 0. The molecule has 4 heteroatoms. The Bertz CT molecular complexity index is 528. The van der Waals surface area contributed by atoms with Crippen LogP contribution in [0, 0.1) is 5.82 Å². The Morgan fingerprint density at radius 3 is 2.33 bits per heavy atom. The van der Waals surface area contributed by atoms with Crippen molar-refractivity contribution < 1.29 is 9.13 Å². The van der Waals surface area contributed by atoms with Crippen LogP contribution >= 0.6 is 27.5 Å². The summed E-state index contributed by atoms with van der Waals surface area (Å²) >= 11 is 8.85. The summed E-state index contributed by atoms with van der Waals surface area (Å²) < 4.78 is 19.1. The number of benzene rings is 2. The second kappa shape index (κ2) is 6.21. The fourth-order valence-electron chi connectivity index (χ4n) is 1.47. The van der Waals surface area contributed by atoms with E-state index in [0.717, 1.165) is 16.9 Å². The molecule has 0 unspecified atom stereocenters. The van der Waals surface area contributed by atoms with Gasteiger partial charge >= 0.3 is 0 Å². The van der Waals surface area contributed by atoms with E-state index in [1.54, 1.807) is 12.1 Å². The van der Waals surface area contributed by atoms with Crippen LogP contribution < -0.4 is 4.74 Å². The van der Waals surface area contributed by atoms with E-state index in [2.05, 4.69) is 15.9 Å². The molecule has 0 aliphatic carbocycles. The van der Waals surface area contributed by atoms with Crippen molar-refractivity contribution in [1.82, 2.24) is 0 Å². The quantitative estimate of drug-likeness (QED) is 0.725. The van der Waals surface area contributed by atoms with Gasteiger partial charge in [0.05, 0.1) is 4.47 Å². The molecule has 0 N–H and O–H groups in total. The van der Waals surface area contributed by atoms with Gasteiger partial charge in [0.25, 0.3) is 0 Å². The topological polar surface area (TPSA) is 9.23 Å². The summed E-state index contributed by atoms with van der Waals surface area (Å²) in [6, 6.07) is 12.4. The molecule has 94 valence electrons. The second-order valence-electron chi connectivity index (χ2n) is 3.81. The fourth-order valence-corrected chi connectivity index (χ4v) is 2.08. The lowest BCUT2D eigenvalue weighted by Gasteiger charge is -2.07. The molecule has 2 rings (SSSR count). The van der Waals surface area contributed by atoms with E-state index in [1.165, 1.54) is 6.07 Å². The van der Waals surface area contributed by atoms with Crippen LogP contribution in [-0.2, 0) is 12.5 Å². The lowest BCUT2D eigenvalue weighted by atomic mass is 10.2. The molecule has 2 aromatic carbocycles. The highest BCUT2D eigenvalue weighted by molar-refractivity contribution is 9.10. The second-order valence-corrected chi connectivity index (χ2v) is 4.94. The minimum Gasteiger partial charge on any atom is -0.489 e. The van der Waals surface area contributed by atoms with Gasteiger partial charge in [0, 0.05) is 5.88 Å². The summed E-state index contributed by atoms with van der Waals surface area (Å²) in [5.41, 5.74) is 1.96. The Labute approximate surface area is 119 Å². The van der Waals surface area contributed by atoms with Gasteiger partial charge in [-0.25, -0.2) is 4.39 Å². The van der Waals surface area contributed by atoms with Crippen molar-refractivity contribution in [2.75, 3.05) is 0 Å². The molecular formula is C14H11BrClFO. The zero-order valence-corrected chi connectivity index (χ0v) is 11.8. The van der Waals surface area contributed by atoms with Crippen molar-refractivity contribution in [1.29, 1.82) is 0 Å². The summed E-state index contributed by atoms with van der Waals surface area (Å²) in [4.78, 5) is 0. The van der Waals surface area contributed by atoms with Gasteiger partial charge in [-0.3, -0.25) is 0 Å². The number of hydrogen-bond acceptors (Lipinski definition) is 1. The summed E-state index contributed by atoms with van der Waals surface area (Å²) in [6.07, 6.45) is 0. The molecule has 0 fully saturated rings. The maximum atomic E-state index is 13.0. The fraction of sp³-hybridized carbons (Fsp3) is 0.143. The minimum absolute atomic E-state index is 0.273. The van der Waals surface area contributed by atoms with Gasteiger partial charge in [0.1, 0.15) is 18.2 Å². The summed E-state index contributed by atoms with van der Waals surface area (Å²) in [6.45, 7) is 0.402. The molecule has 0 radical (unpaired) electrons. The molecule has 1 nitrogen and oxygen atoms in total. The lowest BCUT2D eigenvalue weighted by Crippen LogP contribution is -1.96. The predicted octanol–water partition coefficient (Wildman–Crippen LogP) is 4.91. The van der Waals surface area contributed by atoms with Crippen molar-refractivity contribution in [2.45, 2.75) is 12.5 Å². The molecule has 2 aromatic rings. The van der Waals surface area contributed by atoms with Crippen LogP contribution in [0.1, 0.15) is 11.1 Å². The normalized spacial score (nSPS) is 10.4. The Kier molecular flexibility index (Phi) is 4.61. The first-order valence-electron chi connectivity index (χ1n) is 5.40. The van der Waals surface area contributed by atoms with Crippen molar-refractivity contribution in [3.63, 3.8) is 0 Å². The van der Waals surface area contributed by atoms with E-state index in [9.17, 15) is 4.39 Å². The molecule has 18 heavy (non-hydrogen) atoms. The van der Waals surface area contributed by atoms with Gasteiger partial charge in [-0.05, 0) is 51.3 Å². The van der Waals surface area contributed by atoms with Crippen molar-refractivity contribution >= 4 is 27.5 Å². The maximum absolute atomic E-state index is 13.0. The first kappa shape index (κ1) is 13.4. The van der Waals surface area contributed by atoms with Crippen LogP contribution in [0.25, 0.3) is 0 Å². The number of alkyl halides is 1. The summed E-state index contributed by atoms with van der Waals surface area (Å²) in [5.74, 6) is 0.986. The first-order valence-corrected chi connectivity index (χ1v) is 6.73. The smallest absolute Gasteiger partial charge is 0.137 e. The monoisotopic (exact) mass is 328 g/mol. The van der Waals surface area contributed by atoms with Crippen molar-refractivity contribution in [3.8, 4) is 5.75 Å². The zero-order valence-electron chi connectivity index (χ0n) is 9.50. The molecule has 0 aliphatic heterocycles. The molecule has 0 heterocycles. The molecule has 0 aliphatic rings. The highest BCUT2D eigenvalue weighted by Crippen LogP contribution is 2.19. The molecule has 0 saturated heterocycles. The average Bonchev–Trinajstić information content (AvgIpc) is 2.41. The van der Waals surface area contributed by atoms with Gasteiger partial charge < -0.3 is 4.74 Å². The highest BCUT2D eigenvalue weighted by atomic mass is 79.9. The third-order valence-corrected chi connectivity index (χ3v) is 3.38. The molecule has 0 saturated carbocycles. The minimum atomic E-state index is -0.273. The Hall–Kier alpha value is -1.06. The van der Waals surface area contributed by atoms with Gasteiger partial charge in [-0.15, -0.1) is 11.6 Å². The van der Waals surface area contributed by atoms with Gasteiger partial charge in [0.2, 0.25) is 0 Å². The number of halogens is 3. The number of hydrogen-bond donors (Lipinski definition) is 0. The Balaban J connectivity index is 1.99. The van der Waals surface area contributed by atoms with Gasteiger partial charge in [-0.1, -0.05) is 18.2 Å². The van der Waals surface area contributed by atoms with Gasteiger partial charge in [-0.2, -0.15) is 0 Å². The van der Waals surface area contributed by atoms with E-state index >= 15 is 0 Å². The third-order valence-electron chi connectivity index (χ3n) is 2.47. The third kappa shape index (κ3) is 3.47. The standard InChI is InChI=1S/C14H11BrClFO/c15-13-7-11(3-6-14(13)17)9-18-12-4-1-10(8-16)2-5-12/h1-7H,8-9H2. The highest BCUT2D eigenvalue weighted by Gasteiger charge is 2.01. The maximum Gasteiger partial charge on any atom is 0.137 e. The largest absolute Gasteiger partial charge is 0.489 e. The van der Waals surface area contributed by atoms with Crippen LogP contribution in [0.5, 0.6) is 5.75 Å². The number of rotatable bonds is 4. The average molecular weight is 330 g/mol. The SMILES string of the molecule is Fc1ccc(COc2ccc(CCl)cc2)cc1Br. The van der Waals surface area contributed by atoms with E-state index in [0.29, 0.717) is 17.0 Å². The van der Waals surface area contributed by atoms with Crippen molar-refractivity contribution in [3.05, 3.63) is 63.9 Å². The zero-order chi connectivity index (χ0) is 13.0. The summed E-state index contributed by atoms with van der Waals surface area (Å²) in [5, 5.41) is 0.